The quantitative estimate of drug-likeness (QED) is 0.847. The van der Waals surface area contributed by atoms with Crippen LogP contribution in [0.15, 0.2) is 41.2 Å². The summed E-state index contributed by atoms with van der Waals surface area (Å²) in [6.07, 6.45) is 1.92. The van der Waals surface area contributed by atoms with Crippen molar-refractivity contribution in [2.45, 2.75) is 26.0 Å². The molecule has 0 amide bonds. The number of hydrogen-bond acceptors (Lipinski definition) is 2. The van der Waals surface area contributed by atoms with Gasteiger partial charge < -0.3 is 4.74 Å². The van der Waals surface area contributed by atoms with Crippen LogP contribution >= 0.6 is 0 Å². The number of hydrogen-bond donors (Lipinski definition) is 1. The van der Waals surface area contributed by atoms with E-state index in [0.29, 0.717) is 13.2 Å². The molecule has 1 heterocycles. The van der Waals surface area contributed by atoms with Crippen molar-refractivity contribution in [3.8, 4) is 0 Å². The molecule has 2 aromatic rings. The first-order chi connectivity index (χ1) is 8.79. The van der Waals surface area contributed by atoms with Gasteiger partial charge in [0.2, 0.25) is 0 Å². The minimum absolute atomic E-state index is 0.00936. The highest BCUT2D eigenvalue weighted by Gasteiger charge is 2.02. The summed E-state index contributed by atoms with van der Waals surface area (Å²) >= 11 is 0. The predicted octanol–water partition coefficient (Wildman–Crippen LogP) is 1.96. The van der Waals surface area contributed by atoms with Crippen molar-refractivity contribution < 1.29 is 4.74 Å². The van der Waals surface area contributed by atoms with Crippen LogP contribution in [0.5, 0.6) is 0 Å². The second-order valence-corrected chi connectivity index (χ2v) is 4.29. The van der Waals surface area contributed by atoms with Gasteiger partial charge in [0.25, 0.3) is 5.56 Å². The SMILES string of the molecule is COCc1cc(=O)n(CCCc2ccccc2)[nH]1. The maximum atomic E-state index is 11.6. The molecule has 0 aliphatic heterocycles. The molecule has 0 aliphatic rings. The van der Waals surface area contributed by atoms with Crippen molar-refractivity contribution in [1.82, 2.24) is 9.78 Å². The van der Waals surface area contributed by atoms with Crippen LogP contribution in [-0.2, 0) is 24.3 Å². The van der Waals surface area contributed by atoms with Crippen LogP contribution in [0.4, 0.5) is 0 Å². The Bertz CT molecular complexity index is 528. The molecule has 4 nitrogen and oxygen atoms in total. The fourth-order valence-electron chi connectivity index (χ4n) is 1.97. The third-order valence-electron chi connectivity index (χ3n) is 2.83. The number of nitrogens with one attached hydrogen (secondary N) is 1. The molecule has 0 spiro atoms. The molecule has 0 saturated carbocycles. The molecule has 0 bridgehead atoms. The molecule has 0 saturated heterocycles. The Kier molecular flexibility index (Phi) is 4.36. The summed E-state index contributed by atoms with van der Waals surface area (Å²) in [5, 5.41) is 3.05. The van der Waals surface area contributed by atoms with E-state index in [4.69, 9.17) is 4.74 Å². The normalized spacial score (nSPS) is 10.7. The molecule has 0 fully saturated rings. The van der Waals surface area contributed by atoms with Crippen molar-refractivity contribution in [1.29, 1.82) is 0 Å². The largest absolute Gasteiger partial charge is 0.378 e. The predicted molar refractivity (Wildman–Crippen MR) is 70.5 cm³/mol. The van der Waals surface area contributed by atoms with E-state index in [2.05, 4.69) is 17.2 Å². The summed E-state index contributed by atoms with van der Waals surface area (Å²) < 4.78 is 6.62. The molecular weight excluding hydrogens is 228 g/mol. The highest BCUT2D eigenvalue weighted by molar-refractivity contribution is 5.14. The summed E-state index contributed by atoms with van der Waals surface area (Å²) in [7, 11) is 1.62. The first kappa shape index (κ1) is 12.6. The fourth-order valence-corrected chi connectivity index (χ4v) is 1.97. The Morgan fingerprint density at radius 2 is 2.06 bits per heavy atom. The molecule has 0 unspecified atom stereocenters. The van der Waals surface area contributed by atoms with Gasteiger partial charge in [-0.05, 0) is 18.4 Å². The maximum Gasteiger partial charge on any atom is 0.266 e. The maximum absolute atomic E-state index is 11.6. The smallest absolute Gasteiger partial charge is 0.266 e. The Balaban J connectivity index is 1.88. The number of aromatic nitrogens is 2. The number of aryl methyl sites for hydroxylation is 2. The molecule has 0 aliphatic carbocycles. The lowest BCUT2D eigenvalue weighted by atomic mass is 10.1. The summed E-state index contributed by atoms with van der Waals surface area (Å²) in [6, 6.07) is 11.9. The lowest BCUT2D eigenvalue weighted by molar-refractivity contribution is 0.180. The third-order valence-corrected chi connectivity index (χ3v) is 2.83. The van der Waals surface area contributed by atoms with Crippen molar-refractivity contribution in [3.05, 3.63) is 58.0 Å². The molecule has 1 aromatic carbocycles. The summed E-state index contributed by atoms with van der Waals surface area (Å²) in [5.74, 6) is 0. The summed E-state index contributed by atoms with van der Waals surface area (Å²) in [6.45, 7) is 1.15. The van der Waals surface area contributed by atoms with Gasteiger partial charge in [-0.15, -0.1) is 0 Å². The van der Waals surface area contributed by atoms with Gasteiger partial charge in [-0.2, -0.15) is 0 Å². The Morgan fingerprint density at radius 1 is 1.28 bits per heavy atom. The molecule has 0 radical (unpaired) electrons. The van der Waals surface area contributed by atoms with Crippen LogP contribution in [0.25, 0.3) is 0 Å². The molecule has 1 aromatic heterocycles. The lowest BCUT2D eigenvalue weighted by Gasteiger charge is -2.03. The van der Waals surface area contributed by atoms with Crippen LogP contribution in [0, 0.1) is 0 Å². The van der Waals surface area contributed by atoms with Crippen LogP contribution in [-0.4, -0.2) is 16.9 Å². The zero-order valence-electron chi connectivity index (χ0n) is 10.6. The van der Waals surface area contributed by atoms with Gasteiger partial charge in [-0.1, -0.05) is 30.3 Å². The van der Waals surface area contributed by atoms with Gasteiger partial charge in [-0.25, -0.2) is 0 Å². The van der Waals surface area contributed by atoms with E-state index in [1.54, 1.807) is 17.9 Å². The molecular formula is C14H18N2O2. The van der Waals surface area contributed by atoms with Crippen molar-refractivity contribution in [2.75, 3.05) is 7.11 Å². The van der Waals surface area contributed by atoms with Crippen LogP contribution < -0.4 is 5.56 Å². The van der Waals surface area contributed by atoms with E-state index >= 15 is 0 Å². The first-order valence-electron chi connectivity index (χ1n) is 6.11. The molecule has 96 valence electrons. The Labute approximate surface area is 106 Å². The zero-order chi connectivity index (χ0) is 12.8. The molecule has 2 rings (SSSR count). The average molecular weight is 246 g/mol. The Morgan fingerprint density at radius 3 is 2.78 bits per heavy atom. The van der Waals surface area contributed by atoms with E-state index in [0.717, 1.165) is 18.5 Å². The number of aromatic amines is 1. The van der Waals surface area contributed by atoms with Crippen LogP contribution in [0.1, 0.15) is 17.7 Å². The van der Waals surface area contributed by atoms with E-state index in [-0.39, 0.29) is 5.56 Å². The van der Waals surface area contributed by atoms with Crippen molar-refractivity contribution in [2.24, 2.45) is 0 Å². The second-order valence-electron chi connectivity index (χ2n) is 4.29. The molecule has 1 N–H and O–H groups in total. The lowest BCUT2D eigenvalue weighted by Crippen LogP contribution is -2.16. The molecule has 18 heavy (non-hydrogen) atoms. The highest BCUT2D eigenvalue weighted by atomic mass is 16.5. The van der Waals surface area contributed by atoms with E-state index < -0.39 is 0 Å². The van der Waals surface area contributed by atoms with Gasteiger partial charge in [0.1, 0.15) is 0 Å². The number of nitrogens with zero attached hydrogens (tertiary/aromatic N) is 1. The Hall–Kier alpha value is -1.81. The van der Waals surface area contributed by atoms with Crippen LogP contribution in [0.3, 0.4) is 0 Å². The number of H-pyrrole nitrogens is 1. The third kappa shape index (κ3) is 3.34. The number of benzene rings is 1. The van der Waals surface area contributed by atoms with Crippen molar-refractivity contribution >= 4 is 0 Å². The van der Waals surface area contributed by atoms with Gasteiger partial charge >= 0.3 is 0 Å². The number of rotatable bonds is 6. The minimum atomic E-state index is 0.00936. The van der Waals surface area contributed by atoms with E-state index in [1.807, 2.05) is 18.2 Å². The second kappa shape index (κ2) is 6.21. The minimum Gasteiger partial charge on any atom is -0.378 e. The standard InChI is InChI=1S/C14H18N2O2/c1-18-11-13-10-14(17)16(15-13)9-5-8-12-6-3-2-4-7-12/h2-4,6-7,10,15H,5,8-9,11H2,1H3. The average Bonchev–Trinajstić information content (AvgIpc) is 2.72. The summed E-state index contributed by atoms with van der Waals surface area (Å²) in [5.41, 5.74) is 2.13. The van der Waals surface area contributed by atoms with Gasteiger partial charge in [-0.3, -0.25) is 14.6 Å². The topological polar surface area (TPSA) is 47.0 Å². The highest BCUT2D eigenvalue weighted by Crippen LogP contribution is 2.03. The van der Waals surface area contributed by atoms with E-state index in [1.165, 1.54) is 5.56 Å². The van der Waals surface area contributed by atoms with Crippen LogP contribution in [0.2, 0.25) is 0 Å². The molecule has 0 atom stereocenters. The first-order valence-corrected chi connectivity index (χ1v) is 6.11. The van der Waals surface area contributed by atoms with Gasteiger partial charge in [0.15, 0.2) is 0 Å². The monoisotopic (exact) mass is 246 g/mol. The van der Waals surface area contributed by atoms with Crippen molar-refractivity contribution in [3.63, 3.8) is 0 Å². The number of methoxy groups -OCH3 is 1. The summed E-state index contributed by atoms with van der Waals surface area (Å²) in [4.78, 5) is 11.6. The molecule has 4 heteroatoms. The van der Waals surface area contributed by atoms with E-state index in [9.17, 15) is 4.79 Å². The van der Waals surface area contributed by atoms with Gasteiger partial charge in [0, 0.05) is 19.7 Å². The fraction of sp³-hybridized carbons (Fsp3) is 0.357. The van der Waals surface area contributed by atoms with Gasteiger partial charge in [0.05, 0.1) is 12.3 Å². The number of ether oxygens (including phenoxy) is 1. The zero-order valence-corrected chi connectivity index (χ0v) is 10.6.